The second-order valence-electron chi connectivity index (χ2n) is 4.57. The summed E-state index contributed by atoms with van der Waals surface area (Å²) in [7, 11) is -0.748. The maximum atomic E-state index is 11.2. The van der Waals surface area contributed by atoms with E-state index in [4.69, 9.17) is 9.47 Å². The van der Waals surface area contributed by atoms with Crippen LogP contribution in [0.2, 0.25) is 0 Å². The predicted molar refractivity (Wildman–Crippen MR) is 80.1 cm³/mol. The molecule has 0 saturated carbocycles. The van der Waals surface area contributed by atoms with Crippen molar-refractivity contribution >= 4 is 26.7 Å². The van der Waals surface area contributed by atoms with E-state index in [9.17, 15) is 4.21 Å². The molecule has 2 rings (SSSR count). The summed E-state index contributed by atoms with van der Waals surface area (Å²) in [5.74, 6) is 1.58. The molecule has 2 unspecified atom stereocenters. The van der Waals surface area contributed by atoms with Crippen LogP contribution in [0.15, 0.2) is 16.6 Å². The van der Waals surface area contributed by atoms with E-state index in [0.29, 0.717) is 6.79 Å². The Bertz CT molecular complexity index is 481. The van der Waals surface area contributed by atoms with E-state index in [1.807, 2.05) is 19.1 Å². The van der Waals surface area contributed by atoms with Crippen molar-refractivity contribution in [2.75, 3.05) is 19.6 Å². The van der Waals surface area contributed by atoms with Crippen molar-refractivity contribution in [3.8, 4) is 11.5 Å². The SMILES string of the molecule is CC(CCNCc1cc2c(cc1Br)OCO2)S(C)=O. The molecule has 0 spiro atoms. The average Bonchev–Trinajstić information content (AvgIpc) is 2.81. The summed E-state index contributed by atoms with van der Waals surface area (Å²) in [5, 5.41) is 3.59. The monoisotopic (exact) mass is 347 g/mol. The lowest BCUT2D eigenvalue weighted by molar-refractivity contribution is 0.174. The average molecular weight is 348 g/mol. The smallest absolute Gasteiger partial charge is 0.231 e. The van der Waals surface area contributed by atoms with Gasteiger partial charge in [0.05, 0.1) is 0 Å². The van der Waals surface area contributed by atoms with Crippen molar-refractivity contribution in [3.05, 3.63) is 22.2 Å². The topological polar surface area (TPSA) is 47.6 Å². The highest BCUT2D eigenvalue weighted by atomic mass is 79.9. The number of hydrogen-bond donors (Lipinski definition) is 1. The number of rotatable bonds is 6. The second-order valence-corrected chi connectivity index (χ2v) is 7.23. The van der Waals surface area contributed by atoms with Gasteiger partial charge in [0.2, 0.25) is 6.79 Å². The highest BCUT2D eigenvalue weighted by Crippen LogP contribution is 2.36. The first-order valence-electron chi connectivity index (χ1n) is 6.19. The van der Waals surface area contributed by atoms with Gasteiger partial charge in [-0.1, -0.05) is 22.9 Å². The second kappa shape index (κ2) is 6.72. The third-order valence-electron chi connectivity index (χ3n) is 3.15. The lowest BCUT2D eigenvalue weighted by Gasteiger charge is -2.10. The van der Waals surface area contributed by atoms with Gasteiger partial charge in [-0.25, -0.2) is 0 Å². The fraction of sp³-hybridized carbons (Fsp3) is 0.538. The Labute approximate surface area is 124 Å². The molecule has 0 saturated heterocycles. The molecule has 19 heavy (non-hydrogen) atoms. The van der Waals surface area contributed by atoms with Crippen LogP contribution in [0.4, 0.5) is 0 Å². The molecular formula is C13H18BrNO3S. The fourth-order valence-corrected chi connectivity index (χ4v) is 2.70. The number of hydrogen-bond acceptors (Lipinski definition) is 4. The molecule has 0 radical (unpaired) electrons. The Morgan fingerprint density at radius 2 is 2.11 bits per heavy atom. The Morgan fingerprint density at radius 1 is 1.42 bits per heavy atom. The summed E-state index contributed by atoms with van der Waals surface area (Å²) in [6.07, 6.45) is 2.66. The molecule has 1 N–H and O–H groups in total. The third kappa shape index (κ3) is 3.94. The summed E-state index contributed by atoms with van der Waals surface area (Å²) in [4.78, 5) is 0. The zero-order valence-electron chi connectivity index (χ0n) is 11.1. The Hall–Kier alpha value is -0.590. The summed E-state index contributed by atoms with van der Waals surface area (Å²) in [5.41, 5.74) is 1.13. The van der Waals surface area contributed by atoms with E-state index in [0.717, 1.165) is 41.0 Å². The minimum Gasteiger partial charge on any atom is -0.454 e. The summed E-state index contributed by atoms with van der Waals surface area (Å²) in [6.45, 7) is 3.90. The highest BCUT2D eigenvalue weighted by Gasteiger charge is 2.16. The molecule has 1 aromatic carbocycles. The van der Waals surface area contributed by atoms with Gasteiger partial charge in [-0.3, -0.25) is 4.21 Å². The van der Waals surface area contributed by atoms with Crippen LogP contribution in [0.1, 0.15) is 18.9 Å². The van der Waals surface area contributed by atoms with Crippen LogP contribution in [-0.4, -0.2) is 29.1 Å². The molecule has 0 bridgehead atoms. The molecule has 2 atom stereocenters. The van der Waals surface area contributed by atoms with Gasteiger partial charge in [-0.05, 0) is 30.7 Å². The Kier molecular flexibility index (Phi) is 5.24. The number of benzene rings is 1. The van der Waals surface area contributed by atoms with Gasteiger partial charge in [0.25, 0.3) is 0 Å². The number of halogens is 1. The molecule has 1 heterocycles. The van der Waals surface area contributed by atoms with E-state index in [-0.39, 0.29) is 5.25 Å². The molecular weight excluding hydrogens is 330 g/mol. The minimum atomic E-state index is -0.748. The van der Waals surface area contributed by atoms with Gasteiger partial charge in [0.15, 0.2) is 11.5 Å². The van der Waals surface area contributed by atoms with Crippen LogP contribution in [-0.2, 0) is 17.3 Å². The molecule has 106 valence electrons. The van der Waals surface area contributed by atoms with Crippen LogP contribution >= 0.6 is 15.9 Å². The van der Waals surface area contributed by atoms with Gasteiger partial charge >= 0.3 is 0 Å². The van der Waals surface area contributed by atoms with Crippen LogP contribution < -0.4 is 14.8 Å². The fourth-order valence-electron chi connectivity index (χ4n) is 1.79. The Morgan fingerprint density at radius 3 is 2.79 bits per heavy atom. The van der Waals surface area contributed by atoms with Crippen LogP contribution in [0.5, 0.6) is 11.5 Å². The van der Waals surface area contributed by atoms with Gasteiger partial charge < -0.3 is 14.8 Å². The van der Waals surface area contributed by atoms with Crippen molar-refractivity contribution in [1.29, 1.82) is 0 Å². The van der Waals surface area contributed by atoms with Gasteiger partial charge in [-0.15, -0.1) is 0 Å². The highest BCUT2D eigenvalue weighted by molar-refractivity contribution is 9.10. The largest absolute Gasteiger partial charge is 0.454 e. The molecule has 6 heteroatoms. The van der Waals surface area contributed by atoms with Crippen molar-refractivity contribution in [2.24, 2.45) is 0 Å². The number of nitrogens with one attached hydrogen (secondary N) is 1. The first kappa shape index (κ1) is 14.8. The van der Waals surface area contributed by atoms with Crippen LogP contribution in [0.25, 0.3) is 0 Å². The minimum absolute atomic E-state index is 0.229. The van der Waals surface area contributed by atoms with E-state index >= 15 is 0 Å². The van der Waals surface area contributed by atoms with Crippen LogP contribution in [0, 0.1) is 0 Å². The quantitative estimate of drug-likeness (QED) is 0.803. The number of ether oxygens (including phenoxy) is 2. The van der Waals surface area contributed by atoms with Crippen molar-refractivity contribution in [3.63, 3.8) is 0 Å². The molecule has 1 aliphatic heterocycles. The zero-order chi connectivity index (χ0) is 13.8. The van der Waals surface area contributed by atoms with Crippen LogP contribution in [0.3, 0.4) is 0 Å². The molecule has 1 aromatic rings. The first-order valence-corrected chi connectivity index (χ1v) is 8.60. The van der Waals surface area contributed by atoms with E-state index in [1.54, 1.807) is 6.26 Å². The van der Waals surface area contributed by atoms with Crippen molar-refractivity contribution in [1.82, 2.24) is 5.32 Å². The molecule has 0 aromatic heterocycles. The first-order chi connectivity index (χ1) is 9.08. The molecule has 0 amide bonds. The third-order valence-corrected chi connectivity index (χ3v) is 5.26. The summed E-state index contributed by atoms with van der Waals surface area (Å²) in [6, 6.07) is 3.92. The lowest BCUT2D eigenvalue weighted by Crippen LogP contribution is -2.21. The van der Waals surface area contributed by atoms with Crippen molar-refractivity contribution in [2.45, 2.75) is 25.1 Å². The van der Waals surface area contributed by atoms with E-state index in [2.05, 4.69) is 21.2 Å². The van der Waals surface area contributed by atoms with Gasteiger partial charge in [0, 0.05) is 33.3 Å². The van der Waals surface area contributed by atoms with Gasteiger partial charge in [-0.2, -0.15) is 0 Å². The molecule has 0 aliphatic carbocycles. The Balaban J connectivity index is 1.85. The zero-order valence-corrected chi connectivity index (χ0v) is 13.5. The maximum absolute atomic E-state index is 11.2. The molecule has 4 nitrogen and oxygen atoms in total. The van der Waals surface area contributed by atoms with Gasteiger partial charge in [0.1, 0.15) is 0 Å². The standard InChI is InChI=1S/C13H18BrNO3S/c1-9(19(2)16)3-4-15-7-10-5-12-13(6-11(10)14)18-8-17-12/h5-6,9,15H,3-4,7-8H2,1-2H3. The predicted octanol–water partition coefficient (Wildman–Crippen LogP) is 2.42. The molecule has 0 fully saturated rings. The van der Waals surface area contributed by atoms with E-state index < -0.39 is 10.8 Å². The molecule has 1 aliphatic rings. The summed E-state index contributed by atoms with van der Waals surface area (Å²) < 4.78 is 22.9. The lowest BCUT2D eigenvalue weighted by atomic mass is 10.2. The van der Waals surface area contributed by atoms with E-state index in [1.165, 1.54) is 0 Å². The normalized spacial score (nSPS) is 16.4. The summed E-state index contributed by atoms with van der Waals surface area (Å²) >= 11 is 3.53. The van der Waals surface area contributed by atoms with Crippen molar-refractivity contribution < 1.29 is 13.7 Å². The number of fused-ring (bicyclic) bond motifs is 1. The maximum Gasteiger partial charge on any atom is 0.231 e.